The number of fused-ring (bicyclic) bond motifs is 7. The van der Waals surface area contributed by atoms with E-state index in [1.807, 2.05) is 0 Å². The highest BCUT2D eigenvalue weighted by molar-refractivity contribution is 6.91. The van der Waals surface area contributed by atoms with Gasteiger partial charge >= 0.3 is 0 Å². The van der Waals surface area contributed by atoms with Gasteiger partial charge in [0, 0.05) is 11.1 Å². The third-order valence-corrected chi connectivity index (χ3v) is 24.0. The van der Waals surface area contributed by atoms with Gasteiger partial charge in [-0.2, -0.15) is 0 Å². The molecule has 0 aromatic heterocycles. The summed E-state index contributed by atoms with van der Waals surface area (Å²) < 4.78 is 0. The zero-order valence-corrected chi connectivity index (χ0v) is 32.4. The van der Waals surface area contributed by atoms with Crippen LogP contribution in [0.1, 0.15) is 94.2 Å². The minimum absolute atomic E-state index is 0.633. The number of benzene rings is 5. The SMILES string of the molecule is CC(C)[Si](C#Cc1ccc2c(ccc3c2ccc2c4ccc(C#C[Si](C(C)C)(C(C)C)C(C)C)cc4ccc23)c1)(C(C)C)C(C)C. The molecule has 0 aliphatic rings. The van der Waals surface area contributed by atoms with Gasteiger partial charge in [-0.25, -0.2) is 0 Å². The van der Waals surface area contributed by atoms with Crippen molar-refractivity contribution in [3.8, 4) is 22.9 Å². The highest BCUT2D eigenvalue weighted by Crippen LogP contribution is 2.42. The molecule has 0 saturated carbocycles. The van der Waals surface area contributed by atoms with Crippen LogP contribution in [0.25, 0.3) is 43.1 Å². The van der Waals surface area contributed by atoms with Crippen LogP contribution in [-0.4, -0.2) is 16.1 Å². The Morgan fingerprint density at radius 3 is 0.913 bits per heavy atom. The van der Waals surface area contributed by atoms with Crippen LogP contribution in [0.5, 0.6) is 0 Å². The molecule has 0 nitrogen and oxygen atoms in total. The van der Waals surface area contributed by atoms with Crippen molar-refractivity contribution in [2.24, 2.45) is 0 Å². The van der Waals surface area contributed by atoms with Crippen molar-refractivity contribution in [2.75, 3.05) is 0 Å². The Balaban J connectivity index is 1.57. The van der Waals surface area contributed by atoms with Crippen LogP contribution in [0, 0.1) is 22.9 Å². The first-order chi connectivity index (χ1) is 21.7. The van der Waals surface area contributed by atoms with Gasteiger partial charge in [0.1, 0.15) is 16.1 Å². The largest absolute Gasteiger partial charge is 0.146 e. The van der Waals surface area contributed by atoms with E-state index in [9.17, 15) is 0 Å². The molecule has 0 unspecified atom stereocenters. The van der Waals surface area contributed by atoms with Gasteiger partial charge in [-0.3, -0.25) is 0 Å². The van der Waals surface area contributed by atoms with Gasteiger partial charge in [0.25, 0.3) is 0 Å². The van der Waals surface area contributed by atoms with E-state index < -0.39 is 16.1 Å². The molecule has 0 atom stereocenters. The molecule has 0 aliphatic heterocycles. The summed E-state index contributed by atoms with van der Waals surface area (Å²) in [5.41, 5.74) is 13.9. The van der Waals surface area contributed by atoms with Crippen molar-refractivity contribution in [2.45, 2.75) is 116 Å². The molecular formula is C44H54Si2. The molecule has 0 radical (unpaired) electrons. The molecule has 5 rings (SSSR count). The normalized spacial score (nSPS) is 12.7. The minimum atomic E-state index is -1.77. The van der Waals surface area contributed by atoms with Crippen LogP contribution >= 0.6 is 0 Å². The van der Waals surface area contributed by atoms with Crippen molar-refractivity contribution < 1.29 is 0 Å². The van der Waals surface area contributed by atoms with Crippen LogP contribution in [0.4, 0.5) is 0 Å². The summed E-state index contributed by atoms with van der Waals surface area (Å²) in [6.07, 6.45) is 0. The predicted octanol–water partition coefficient (Wildman–Crippen LogP) is 13.4. The zero-order chi connectivity index (χ0) is 33.6. The Morgan fingerprint density at radius 2 is 0.609 bits per heavy atom. The first-order valence-electron chi connectivity index (χ1n) is 17.6. The van der Waals surface area contributed by atoms with Crippen molar-refractivity contribution in [1.82, 2.24) is 0 Å². The summed E-state index contributed by atoms with van der Waals surface area (Å²) in [6, 6.07) is 27.5. The first-order valence-corrected chi connectivity index (χ1v) is 22.1. The lowest BCUT2D eigenvalue weighted by Gasteiger charge is -2.38. The van der Waals surface area contributed by atoms with Gasteiger partial charge in [-0.1, -0.05) is 143 Å². The summed E-state index contributed by atoms with van der Waals surface area (Å²) in [7, 11) is -3.55. The summed E-state index contributed by atoms with van der Waals surface area (Å²) in [6.45, 7) is 28.6. The maximum absolute atomic E-state index is 3.91. The summed E-state index contributed by atoms with van der Waals surface area (Å²) in [5.74, 6) is 7.32. The summed E-state index contributed by atoms with van der Waals surface area (Å²) in [4.78, 5) is 0. The number of hydrogen-bond donors (Lipinski definition) is 0. The van der Waals surface area contributed by atoms with E-state index in [2.05, 4.69) is 179 Å². The molecule has 0 saturated heterocycles. The van der Waals surface area contributed by atoms with Crippen LogP contribution in [-0.2, 0) is 0 Å². The summed E-state index contributed by atoms with van der Waals surface area (Å²) in [5, 5.41) is 10.3. The van der Waals surface area contributed by atoms with E-state index in [4.69, 9.17) is 0 Å². The Bertz CT molecular complexity index is 1840. The highest BCUT2D eigenvalue weighted by atomic mass is 28.3. The van der Waals surface area contributed by atoms with E-state index in [-0.39, 0.29) is 0 Å². The number of hydrogen-bond acceptors (Lipinski definition) is 0. The molecule has 0 spiro atoms. The van der Waals surface area contributed by atoms with Crippen molar-refractivity contribution in [3.05, 3.63) is 83.9 Å². The van der Waals surface area contributed by atoms with Gasteiger partial charge in [0.2, 0.25) is 0 Å². The Kier molecular flexibility index (Phi) is 9.67. The van der Waals surface area contributed by atoms with Crippen LogP contribution < -0.4 is 0 Å². The Hall–Kier alpha value is -3.31. The van der Waals surface area contributed by atoms with Gasteiger partial charge < -0.3 is 0 Å². The molecular weight excluding hydrogens is 585 g/mol. The van der Waals surface area contributed by atoms with E-state index in [0.717, 1.165) is 11.1 Å². The molecule has 2 heteroatoms. The average Bonchev–Trinajstić information content (AvgIpc) is 2.99. The topological polar surface area (TPSA) is 0 Å². The molecule has 0 aliphatic carbocycles. The monoisotopic (exact) mass is 638 g/mol. The fourth-order valence-electron chi connectivity index (χ4n) is 9.09. The Labute approximate surface area is 281 Å². The summed E-state index contributed by atoms with van der Waals surface area (Å²) >= 11 is 0. The average molecular weight is 639 g/mol. The zero-order valence-electron chi connectivity index (χ0n) is 30.4. The maximum atomic E-state index is 3.91. The first kappa shape index (κ1) is 34.0. The van der Waals surface area contributed by atoms with Gasteiger partial charge in [0.15, 0.2) is 0 Å². The van der Waals surface area contributed by atoms with Crippen LogP contribution in [0.3, 0.4) is 0 Å². The molecule has 0 amide bonds. The maximum Gasteiger partial charge on any atom is 0.146 e. The standard InChI is InChI=1S/C44H54Si2/c1-29(2)45(30(3)4,31(5)6)25-23-35-13-17-39-37(27-35)15-19-43-41(39)21-22-42-40-18-14-36(28-38(40)16-20-44(42)43)24-26-46(32(7)8,33(9)10)34(11)12/h13-22,27-34H,1-12H3. The Morgan fingerprint density at radius 1 is 0.348 bits per heavy atom. The molecule has 5 aromatic carbocycles. The number of rotatable bonds is 6. The van der Waals surface area contributed by atoms with Gasteiger partial charge in [0.05, 0.1) is 0 Å². The van der Waals surface area contributed by atoms with Crippen LogP contribution in [0.15, 0.2) is 72.8 Å². The van der Waals surface area contributed by atoms with E-state index in [0.29, 0.717) is 33.2 Å². The molecule has 46 heavy (non-hydrogen) atoms. The minimum Gasteiger partial charge on any atom is -0.125 e. The lowest BCUT2D eigenvalue weighted by Crippen LogP contribution is -2.43. The molecule has 0 bridgehead atoms. The molecule has 0 fully saturated rings. The van der Waals surface area contributed by atoms with E-state index in [1.165, 1.54) is 43.1 Å². The van der Waals surface area contributed by atoms with Crippen LogP contribution in [0.2, 0.25) is 33.2 Å². The molecule has 238 valence electrons. The van der Waals surface area contributed by atoms with E-state index in [1.54, 1.807) is 0 Å². The fourth-order valence-corrected chi connectivity index (χ4v) is 19.5. The second kappa shape index (κ2) is 13.1. The van der Waals surface area contributed by atoms with Crippen molar-refractivity contribution in [3.63, 3.8) is 0 Å². The second-order valence-corrected chi connectivity index (χ2v) is 26.7. The predicted molar refractivity (Wildman–Crippen MR) is 212 cm³/mol. The van der Waals surface area contributed by atoms with Crippen molar-refractivity contribution >= 4 is 59.2 Å². The van der Waals surface area contributed by atoms with Gasteiger partial charge in [-0.15, -0.1) is 11.1 Å². The second-order valence-electron chi connectivity index (χ2n) is 15.6. The fraction of sp³-hybridized carbons (Fsp3) is 0.409. The lowest BCUT2D eigenvalue weighted by atomic mass is 9.93. The molecule has 0 heterocycles. The molecule has 5 aromatic rings. The quantitative estimate of drug-likeness (QED) is 0.0986. The van der Waals surface area contributed by atoms with Crippen molar-refractivity contribution in [1.29, 1.82) is 0 Å². The van der Waals surface area contributed by atoms with Gasteiger partial charge in [-0.05, 0) is 101 Å². The molecule has 0 N–H and O–H groups in total. The van der Waals surface area contributed by atoms with E-state index >= 15 is 0 Å². The highest BCUT2D eigenvalue weighted by Gasteiger charge is 2.42. The third-order valence-electron chi connectivity index (χ3n) is 11.4. The smallest absolute Gasteiger partial charge is 0.125 e. The third kappa shape index (κ3) is 5.74. The lowest BCUT2D eigenvalue weighted by molar-refractivity contribution is 0.838.